The molecular weight excluding hydrogens is 291 g/mol. The molecule has 0 aliphatic rings. The molecule has 20 heavy (non-hydrogen) atoms. The van der Waals surface area contributed by atoms with E-state index in [1.54, 1.807) is 6.07 Å². The van der Waals surface area contributed by atoms with Crippen LogP contribution in [-0.2, 0) is 11.8 Å². The van der Waals surface area contributed by atoms with Crippen LogP contribution in [0.3, 0.4) is 0 Å². The van der Waals surface area contributed by atoms with Crippen molar-refractivity contribution in [3.05, 3.63) is 52.8 Å². The van der Waals surface area contributed by atoms with Gasteiger partial charge in [0.2, 0.25) is 5.88 Å². The van der Waals surface area contributed by atoms with E-state index < -0.39 is 6.26 Å². The third-order valence-electron chi connectivity index (χ3n) is 3.00. The van der Waals surface area contributed by atoms with Gasteiger partial charge < -0.3 is 4.52 Å². The summed E-state index contributed by atoms with van der Waals surface area (Å²) in [5.41, 5.74) is 0.522. The Labute approximate surface area is 123 Å². The summed E-state index contributed by atoms with van der Waals surface area (Å²) in [4.78, 5) is 11.9. The zero-order valence-electron chi connectivity index (χ0n) is 11.5. The molecule has 2 aromatic rings. The van der Waals surface area contributed by atoms with Crippen molar-refractivity contribution in [2.24, 2.45) is 0 Å². The first-order valence-electron chi connectivity index (χ1n) is 6.51. The largest absolute Gasteiger partial charge is 0.448 e. The highest BCUT2D eigenvalue weighted by molar-refractivity contribution is 8.12. The minimum absolute atomic E-state index is 0.190. The molecule has 6 heteroatoms. The summed E-state index contributed by atoms with van der Waals surface area (Å²) >= 11 is 5.54. The fourth-order valence-electron chi connectivity index (χ4n) is 1.72. The van der Waals surface area contributed by atoms with E-state index in [0.29, 0.717) is 11.6 Å². The molecule has 0 saturated carbocycles. The maximum atomic E-state index is 11.9. The second kappa shape index (κ2) is 6.33. The maximum absolute atomic E-state index is 11.9. The van der Waals surface area contributed by atoms with Gasteiger partial charge in [-0.2, -0.15) is 4.68 Å². The fourth-order valence-corrected chi connectivity index (χ4v) is 3.09. The van der Waals surface area contributed by atoms with Gasteiger partial charge in [0.25, 0.3) is 5.56 Å². The van der Waals surface area contributed by atoms with Crippen LogP contribution in [0.5, 0.6) is 5.88 Å². The molecule has 0 N–H and O–H groups in total. The quantitative estimate of drug-likeness (QED) is 0.796. The molecule has 0 fully saturated rings. The van der Waals surface area contributed by atoms with Crippen LogP contribution < -0.4 is 10.1 Å². The van der Waals surface area contributed by atoms with E-state index in [0.717, 1.165) is 12.3 Å². The number of aromatic nitrogens is 2. The number of rotatable bonds is 5. The van der Waals surface area contributed by atoms with Gasteiger partial charge in [-0.15, -0.1) is 5.10 Å². The Kier molecular flexibility index (Phi) is 4.73. The molecule has 0 aliphatic heterocycles. The molecule has 0 saturated heterocycles. The minimum atomic E-state index is -1.87. The van der Waals surface area contributed by atoms with Crippen molar-refractivity contribution in [1.29, 1.82) is 0 Å². The number of hydrogen-bond acceptors (Lipinski definition) is 4. The molecule has 0 atom stereocenters. The second-order valence-electron chi connectivity index (χ2n) is 4.30. The number of nitrogens with zero attached hydrogens (tertiary/aromatic N) is 2. The van der Waals surface area contributed by atoms with Crippen LogP contribution in [0.15, 0.2) is 47.3 Å². The Morgan fingerprint density at radius 2 is 1.80 bits per heavy atom. The van der Waals surface area contributed by atoms with Crippen molar-refractivity contribution in [2.45, 2.75) is 13.8 Å². The Morgan fingerprint density at radius 3 is 2.40 bits per heavy atom. The Balaban J connectivity index is 2.40. The molecule has 0 spiro atoms. The average Bonchev–Trinajstić information content (AvgIpc) is 2.50. The summed E-state index contributed by atoms with van der Waals surface area (Å²) in [6, 6.07) is 12.3. The van der Waals surface area contributed by atoms with E-state index in [2.05, 4.69) is 5.10 Å². The first kappa shape index (κ1) is 14.9. The zero-order valence-corrected chi connectivity index (χ0v) is 13.2. The molecule has 106 valence electrons. The lowest BCUT2D eigenvalue weighted by atomic mass is 10.3. The van der Waals surface area contributed by atoms with Crippen molar-refractivity contribution in [1.82, 2.24) is 9.78 Å². The zero-order chi connectivity index (χ0) is 14.6. The van der Waals surface area contributed by atoms with Crippen LogP contribution in [0.25, 0.3) is 5.69 Å². The van der Waals surface area contributed by atoms with Crippen molar-refractivity contribution in [3.8, 4) is 11.6 Å². The lowest BCUT2D eigenvalue weighted by Gasteiger charge is -2.19. The SMILES string of the molecule is CCP(=S)(CC)Oc1ccc(=O)n(-c2ccccc2)n1. The van der Waals surface area contributed by atoms with E-state index in [1.165, 1.54) is 10.7 Å². The van der Waals surface area contributed by atoms with Gasteiger partial charge in [-0.3, -0.25) is 4.79 Å². The van der Waals surface area contributed by atoms with Gasteiger partial charge in [0.1, 0.15) is 6.26 Å². The average molecular weight is 308 g/mol. The molecule has 0 bridgehead atoms. The van der Waals surface area contributed by atoms with E-state index >= 15 is 0 Å². The van der Waals surface area contributed by atoms with Gasteiger partial charge in [-0.05, 0) is 12.1 Å². The highest BCUT2D eigenvalue weighted by Gasteiger charge is 2.15. The summed E-state index contributed by atoms with van der Waals surface area (Å²) in [7, 11) is 0. The molecule has 1 aromatic carbocycles. The molecule has 0 amide bonds. The van der Waals surface area contributed by atoms with Crippen molar-refractivity contribution in [3.63, 3.8) is 0 Å². The third kappa shape index (κ3) is 3.35. The first-order valence-corrected chi connectivity index (χ1v) is 9.60. The van der Waals surface area contributed by atoms with E-state index in [1.807, 2.05) is 44.2 Å². The standard InChI is InChI=1S/C14H17N2O2PS/c1-3-19(20,4-2)18-13-10-11-14(17)16(15-13)12-8-6-5-7-9-12/h5-11H,3-4H2,1-2H3. The van der Waals surface area contributed by atoms with Gasteiger partial charge >= 0.3 is 0 Å². The summed E-state index contributed by atoms with van der Waals surface area (Å²) in [5, 5.41) is 4.27. The smallest absolute Gasteiger partial charge is 0.271 e. The molecule has 0 radical (unpaired) electrons. The second-order valence-corrected chi connectivity index (χ2v) is 9.37. The van der Waals surface area contributed by atoms with Gasteiger partial charge in [0.05, 0.1) is 5.69 Å². The van der Waals surface area contributed by atoms with Crippen molar-refractivity contribution < 1.29 is 4.52 Å². The van der Waals surface area contributed by atoms with E-state index in [9.17, 15) is 4.79 Å². The predicted octanol–water partition coefficient (Wildman–Crippen LogP) is 3.05. The monoisotopic (exact) mass is 308 g/mol. The highest BCUT2D eigenvalue weighted by atomic mass is 32.4. The van der Waals surface area contributed by atoms with Crippen LogP contribution in [0.4, 0.5) is 0 Å². The molecule has 1 aromatic heterocycles. The van der Waals surface area contributed by atoms with Crippen LogP contribution in [0.2, 0.25) is 0 Å². The van der Waals surface area contributed by atoms with Gasteiger partial charge in [-0.1, -0.05) is 43.9 Å². The lowest BCUT2D eigenvalue weighted by molar-refractivity contribution is 0.554. The van der Waals surface area contributed by atoms with Gasteiger partial charge in [0, 0.05) is 24.5 Å². The van der Waals surface area contributed by atoms with E-state index in [-0.39, 0.29) is 5.56 Å². The minimum Gasteiger partial charge on any atom is -0.448 e. The molecule has 2 rings (SSSR count). The summed E-state index contributed by atoms with van der Waals surface area (Å²) < 4.78 is 7.21. The Morgan fingerprint density at radius 1 is 1.15 bits per heavy atom. The number of para-hydroxylation sites is 1. The van der Waals surface area contributed by atoms with Gasteiger partial charge in [-0.25, -0.2) is 0 Å². The van der Waals surface area contributed by atoms with Crippen LogP contribution in [-0.4, -0.2) is 22.1 Å². The lowest BCUT2D eigenvalue weighted by Crippen LogP contribution is -2.20. The number of benzene rings is 1. The van der Waals surface area contributed by atoms with Gasteiger partial charge in [0.15, 0.2) is 0 Å². The van der Waals surface area contributed by atoms with E-state index in [4.69, 9.17) is 16.3 Å². The molecule has 1 heterocycles. The normalized spacial score (nSPS) is 11.3. The molecular formula is C14H17N2O2PS. The topological polar surface area (TPSA) is 44.1 Å². The molecule has 0 aliphatic carbocycles. The first-order chi connectivity index (χ1) is 9.58. The maximum Gasteiger partial charge on any atom is 0.271 e. The summed E-state index contributed by atoms with van der Waals surface area (Å²) in [6.07, 6.45) is -0.253. The molecule has 0 unspecified atom stereocenters. The molecule has 4 nitrogen and oxygen atoms in total. The van der Waals surface area contributed by atoms with Crippen molar-refractivity contribution in [2.75, 3.05) is 12.3 Å². The van der Waals surface area contributed by atoms with Crippen LogP contribution in [0.1, 0.15) is 13.8 Å². The fraction of sp³-hybridized carbons (Fsp3) is 0.286. The summed E-state index contributed by atoms with van der Waals surface area (Å²) in [5.74, 6) is 0.417. The van der Waals surface area contributed by atoms with Crippen LogP contribution in [0, 0.1) is 0 Å². The van der Waals surface area contributed by atoms with Crippen molar-refractivity contribution >= 4 is 18.1 Å². The third-order valence-corrected chi connectivity index (χ3v) is 7.22. The Hall–Kier alpha value is -1.45. The predicted molar refractivity (Wildman–Crippen MR) is 85.8 cm³/mol. The summed E-state index contributed by atoms with van der Waals surface area (Å²) in [6.45, 7) is 4.05. The Bertz CT molecular complexity index is 677. The highest BCUT2D eigenvalue weighted by Crippen LogP contribution is 2.45. The van der Waals surface area contributed by atoms with Crippen LogP contribution >= 0.6 is 6.26 Å². The number of hydrogen-bond donors (Lipinski definition) is 0.